The number of hydrogen-bond donors (Lipinski definition) is 2. The standard InChI is InChI=1S/C36H40FN5O4/c1-23-31(22-45-33(43)30(21-25-11-7-6-8-12-25)40-35(44)46-36(3,4)5)39-34(38-28-17-15-27(37)16-18-28)41-32(23)42-20-19-26-13-9-10-14-29(26)24(42)2/h6-18,24,30H,19-22H2,1-5H3,(H,40,44)(H,38,39,41). The zero-order valence-electron chi connectivity index (χ0n) is 26.8. The van der Waals surface area contributed by atoms with E-state index in [1.165, 1.54) is 23.3 Å². The van der Waals surface area contributed by atoms with Gasteiger partial charge in [-0.2, -0.15) is 4.98 Å². The van der Waals surface area contributed by atoms with E-state index in [4.69, 9.17) is 19.4 Å². The van der Waals surface area contributed by atoms with E-state index >= 15 is 0 Å². The number of hydrogen-bond acceptors (Lipinski definition) is 8. The third kappa shape index (κ3) is 8.18. The first kappa shape index (κ1) is 32.4. The van der Waals surface area contributed by atoms with Gasteiger partial charge >= 0.3 is 12.1 Å². The van der Waals surface area contributed by atoms with Crippen LogP contribution in [0.5, 0.6) is 0 Å². The monoisotopic (exact) mass is 625 g/mol. The Morgan fingerprint density at radius 2 is 1.70 bits per heavy atom. The number of halogens is 1. The van der Waals surface area contributed by atoms with Crippen LogP contribution in [0.2, 0.25) is 0 Å². The molecule has 2 heterocycles. The summed E-state index contributed by atoms with van der Waals surface area (Å²) in [6.07, 6.45) is 0.359. The second kappa shape index (κ2) is 14.0. The molecule has 240 valence electrons. The number of nitrogens with one attached hydrogen (secondary N) is 2. The van der Waals surface area contributed by atoms with Gasteiger partial charge in [-0.3, -0.25) is 0 Å². The third-order valence-electron chi connectivity index (χ3n) is 7.80. The number of rotatable bonds is 9. The first-order valence-electron chi connectivity index (χ1n) is 15.4. The lowest BCUT2D eigenvalue weighted by Gasteiger charge is -2.37. The van der Waals surface area contributed by atoms with Gasteiger partial charge in [0, 0.05) is 24.2 Å². The van der Waals surface area contributed by atoms with Crippen LogP contribution in [0.4, 0.5) is 26.6 Å². The van der Waals surface area contributed by atoms with E-state index in [0.717, 1.165) is 24.1 Å². The van der Waals surface area contributed by atoms with E-state index in [-0.39, 0.29) is 30.8 Å². The fraction of sp³-hybridized carbons (Fsp3) is 0.333. The number of aromatic nitrogens is 2. The molecule has 2 N–H and O–H groups in total. The quantitative estimate of drug-likeness (QED) is 0.192. The summed E-state index contributed by atoms with van der Waals surface area (Å²) < 4.78 is 24.8. The highest BCUT2D eigenvalue weighted by Gasteiger charge is 2.29. The molecule has 2 atom stereocenters. The smallest absolute Gasteiger partial charge is 0.408 e. The Bertz CT molecular complexity index is 1670. The normalized spacial score (nSPS) is 15.0. The lowest BCUT2D eigenvalue weighted by molar-refractivity contribution is -0.147. The van der Waals surface area contributed by atoms with E-state index < -0.39 is 23.7 Å². The van der Waals surface area contributed by atoms with Crippen LogP contribution in [0, 0.1) is 12.7 Å². The maximum atomic E-state index is 13.6. The van der Waals surface area contributed by atoms with Gasteiger partial charge in [0.25, 0.3) is 0 Å². The number of carbonyl (C=O) groups is 2. The number of esters is 1. The van der Waals surface area contributed by atoms with Crippen LogP contribution in [0.1, 0.15) is 61.7 Å². The molecule has 3 aromatic carbocycles. The second-order valence-corrected chi connectivity index (χ2v) is 12.4. The van der Waals surface area contributed by atoms with Crippen molar-refractivity contribution in [3.05, 3.63) is 113 Å². The Hall–Kier alpha value is -4.99. The van der Waals surface area contributed by atoms with E-state index in [0.29, 0.717) is 17.2 Å². The zero-order valence-corrected chi connectivity index (χ0v) is 26.8. The first-order chi connectivity index (χ1) is 22.0. The summed E-state index contributed by atoms with van der Waals surface area (Å²) in [4.78, 5) is 38.0. The van der Waals surface area contributed by atoms with E-state index in [9.17, 15) is 14.0 Å². The van der Waals surface area contributed by atoms with Crippen molar-refractivity contribution >= 4 is 29.5 Å². The van der Waals surface area contributed by atoms with Crippen molar-refractivity contribution in [3.8, 4) is 0 Å². The number of ether oxygens (including phenoxy) is 2. The summed E-state index contributed by atoms with van der Waals surface area (Å²) in [5, 5.41) is 5.85. The summed E-state index contributed by atoms with van der Waals surface area (Å²) in [5.41, 5.74) is 4.53. The van der Waals surface area contributed by atoms with E-state index in [2.05, 4.69) is 40.7 Å². The number of carbonyl (C=O) groups excluding carboxylic acids is 2. The predicted octanol–water partition coefficient (Wildman–Crippen LogP) is 6.97. The molecular weight excluding hydrogens is 585 g/mol. The van der Waals surface area contributed by atoms with Crippen LogP contribution in [0.3, 0.4) is 0 Å². The highest BCUT2D eigenvalue weighted by Crippen LogP contribution is 2.35. The highest BCUT2D eigenvalue weighted by atomic mass is 19.1. The number of nitrogens with zero attached hydrogens (tertiary/aromatic N) is 3. The molecule has 0 fully saturated rings. The maximum absolute atomic E-state index is 13.6. The number of benzene rings is 3. The van der Waals surface area contributed by atoms with Crippen molar-refractivity contribution in [2.75, 3.05) is 16.8 Å². The van der Waals surface area contributed by atoms with Crippen LogP contribution < -0.4 is 15.5 Å². The SMILES string of the molecule is Cc1c(COC(=O)C(Cc2ccccc2)NC(=O)OC(C)(C)C)nc(Nc2ccc(F)cc2)nc1N1CCc2ccccc2C1C. The average Bonchev–Trinajstić information content (AvgIpc) is 3.02. The van der Waals surface area contributed by atoms with Gasteiger partial charge in [0.1, 0.15) is 29.9 Å². The Morgan fingerprint density at radius 1 is 1.00 bits per heavy atom. The molecule has 0 bridgehead atoms. The molecule has 4 aromatic rings. The molecule has 2 unspecified atom stereocenters. The fourth-order valence-electron chi connectivity index (χ4n) is 5.48. The van der Waals surface area contributed by atoms with Crippen LogP contribution in [-0.4, -0.2) is 40.2 Å². The summed E-state index contributed by atoms with van der Waals surface area (Å²) in [5.74, 6) is 0.0227. The van der Waals surface area contributed by atoms with Crippen molar-refractivity contribution in [1.29, 1.82) is 0 Å². The first-order valence-corrected chi connectivity index (χ1v) is 15.4. The summed E-state index contributed by atoms with van der Waals surface area (Å²) in [6.45, 7) is 9.91. The Morgan fingerprint density at radius 3 is 2.41 bits per heavy atom. The third-order valence-corrected chi connectivity index (χ3v) is 7.80. The van der Waals surface area contributed by atoms with Gasteiger partial charge in [0.15, 0.2) is 0 Å². The molecule has 10 heteroatoms. The molecule has 5 rings (SSSR count). The molecular formula is C36H40FN5O4. The van der Waals surface area contributed by atoms with Gasteiger partial charge in [0.05, 0.1) is 11.7 Å². The lowest BCUT2D eigenvalue weighted by Crippen LogP contribution is -2.45. The molecule has 1 aliphatic rings. The summed E-state index contributed by atoms with van der Waals surface area (Å²) in [6, 6.07) is 22.7. The van der Waals surface area contributed by atoms with Crippen molar-refractivity contribution in [3.63, 3.8) is 0 Å². The molecule has 0 saturated heterocycles. The second-order valence-electron chi connectivity index (χ2n) is 12.4. The van der Waals surface area contributed by atoms with E-state index in [1.807, 2.05) is 43.3 Å². The van der Waals surface area contributed by atoms with Crippen LogP contribution >= 0.6 is 0 Å². The fourth-order valence-corrected chi connectivity index (χ4v) is 5.48. The molecule has 1 amide bonds. The molecule has 0 radical (unpaired) electrons. The number of amides is 1. The molecule has 0 saturated carbocycles. The minimum atomic E-state index is -0.991. The van der Waals surface area contributed by atoms with Crippen molar-refractivity contribution < 1.29 is 23.5 Å². The van der Waals surface area contributed by atoms with Crippen LogP contribution in [0.25, 0.3) is 0 Å². The molecule has 0 aliphatic carbocycles. The molecule has 9 nitrogen and oxygen atoms in total. The molecule has 1 aromatic heterocycles. The van der Waals surface area contributed by atoms with Crippen LogP contribution in [0.15, 0.2) is 78.9 Å². The number of anilines is 3. The van der Waals surface area contributed by atoms with Crippen molar-refractivity contribution in [2.24, 2.45) is 0 Å². The number of fused-ring (bicyclic) bond motifs is 1. The van der Waals surface area contributed by atoms with Gasteiger partial charge in [-0.05, 0) is 82.0 Å². The molecule has 0 spiro atoms. The van der Waals surface area contributed by atoms with Gasteiger partial charge in [-0.25, -0.2) is 19.0 Å². The topological polar surface area (TPSA) is 106 Å². The van der Waals surface area contributed by atoms with Crippen LogP contribution in [-0.2, 0) is 33.7 Å². The molecule has 46 heavy (non-hydrogen) atoms. The van der Waals surface area contributed by atoms with Gasteiger partial charge < -0.3 is 25.0 Å². The summed E-state index contributed by atoms with van der Waals surface area (Å²) in [7, 11) is 0. The van der Waals surface area contributed by atoms with Gasteiger partial charge in [-0.15, -0.1) is 0 Å². The van der Waals surface area contributed by atoms with Crippen molar-refractivity contribution in [1.82, 2.24) is 15.3 Å². The Balaban J connectivity index is 1.42. The minimum Gasteiger partial charge on any atom is -0.458 e. The largest absolute Gasteiger partial charge is 0.458 e. The predicted molar refractivity (Wildman–Crippen MR) is 175 cm³/mol. The van der Waals surface area contributed by atoms with Gasteiger partial charge in [-0.1, -0.05) is 54.6 Å². The maximum Gasteiger partial charge on any atom is 0.408 e. The minimum absolute atomic E-state index is 0.0425. The Kier molecular flexibility index (Phi) is 9.84. The average molecular weight is 626 g/mol. The highest BCUT2D eigenvalue weighted by molar-refractivity contribution is 5.82. The Labute approximate surface area is 269 Å². The van der Waals surface area contributed by atoms with E-state index in [1.54, 1.807) is 32.9 Å². The number of alkyl carbamates (subject to hydrolysis) is 1. The lowest BCUT2D eigenvalue weighted by atomic mass is 9.93. The zero-order chi connectivity index (χ0) is 32.8. The molecule has 1 aliphatic heterocycles. The van der Waals surface area contributed by atoms with Gasteiger partial charge in [0.2, 0.25) is 5.95 Å². The summed E-state index contributed by atoms with van der Waals surface area (Å²) >= 11 is 0. The van der Waals surface area contributed by atoms with Crippen molar-refractivity contribution in [2.45, 2.75) is 71.8 Å².